The summed E-state index contributed by atoms with van der Waals surface area (Å²) >= 11 is 3.62. The van der Waals surface area contributed by atoms with Crippen LogP contribution in [0, 0.1) is 19.7 Å². The van der Waals surface area contributed by atoms with Crippen LogP contribution >= 0.6 is 15.9 Å². The van der Waals surface area contributed by atoms with Gasteiger partial charge >= 0.3 is 0 Å². The first kappa shape index (κ1) is 12.3. The molecule has 0 bridgehead atoms. The van der Waals surface area contributed by atoms with Crippen LogP contribution in [0.4, 0.5) is 4.39 Å². The topological polar surface area (TPSA) is 0 Å². The predicted molar refractivity (Wildman–Crippen MR) is 73.1 cm³/mol. The van der Waals surface area contributed by atoms with Crippen LogP contribution in [0.5, 0.6) is 0 Å². The summed E-state index contributed by atoms with van der Waals surface area (Å²) in [4.78, 5) is 0.0394. The van der Waals surface area contributed by atoms with Gasteiger partial charge in [-0.3, -0.25) is 0 Å². The lowest BCUT2D eigenvalue weighted by Crippen LogP contribution is -1.94. The Kier molecular flexibility index (Phi) is 3.63. The first-order chi connectivity index (χ1) is 8.06. The Morgan fingerprint density at radius 2 is 1.53 bits per heavy atom. The summed E-state index contributed by atoms with van der Waals surface area (Å²) in [5, 5.41) is 0. The Labute approximate surface area is 110 Å². The van der Waals surface area contributed by atoms with Crippen LogP contribution in [0.1, 0.15) is 27.1 Å². The van der Waals surface area contributed by atoms with Gasteiger partial charge in [0.15, 0.2) is 0 Å². The summed E-state index contributed by atoms with van der Waals surface area (Å²) in [5.74, 6) is -0.184. The highest BCUT2D eigenvalue weighted by atomic mass is 79.9. The predicted octanol–water partition coefficient (Wildman–Crippen LogP) is 4.93. The van der Waals surface area contributed by atoms with Crippen LogP contribution in [0.25, 0.3) is 0 Å². The number of benzene rings is 2. The molecule has 1 atom stereocenters. The molecular formula is C15H14BrF. The maximum atomic E-state index is 13.3. The number of alkyl halides is 1. The average Bonchev–Trinajstić information content (AvgIpc) is 2.28. The fraction of sp³-hybridized carbons (Fsp3) is 0.200. The molecular weight excluding hydrogens is 279 g/mol. The summed E-state index contributed by atoms with van der Waals surface area (Å²) in [6.07, 6.45) is 0. The largest absolute Gasteiger partial charge is 0.207 e. The highest BCUT2D eigenvalue weighted by Gasteiger charge is 2.11. The number of halogens is 2. The third kappa shape index (κ3) is 2.95. The van der Waals surface area contributed by atoms with Gasteiger partial charge in [-0.15, -0.1) is 0 Å². The lowest BCUT2D eigenvalue weighted by molar-refractivity contribution is 0.624. The second-order valence-electron chi connectivity index (χ2n) is 4.34. The van der Waals surface area contributed by atoms with Gasteiger partial charge in [-0.1, -0.05) is 51.8 Å². The smallest absolute Gasteiger partial charge is 0.123 e. The van der Waals surface area contributed by atoms with Gasteiger partial charge in [0.25, 0.3) is 0 Å². The van der Waals surface area contributed by atoms with E-state index >= 15 is 0 Å². The van der Waals surface area contributed by atoms with Crippen molar-refractivity contribution in [2.45, 2.75) is 18.7 Å². The Morgan fingerprint density at radius 3 is 2.12 bits per heavy atom. The second kappa shape index (κ2) is 5.01. The highest BCUT2D eigenvalue weighted by molar-refractivity contribution is 9.09. The van der Waals surface area contributed by atoms with Gasteiger partial charge in [0, 0.05) is 0 Å². The van der Waals surface area contributed by atoms with E-state index in [0.29, 0.717) is 0 Å². The molecule has 0 saturated heterocycles. The third-order valence-corrected chi connectivity index (χ3v) is 3.78. The number of rotatable bonds is 2. The van der Waals surface area contributed by atoms with Crippen LogP contribution < -0.4 is 0 Å². The Bertz CT molecular complexity index is 497. The zero-order chi connectivity index (χ0) is 12.4. The molecule has 0 spiro atoms. The molecule has 0 heterocycles. The second-order valence-corrected chi connectivity index (χ2v) is 5.25. The van der Waals surface area contributed by atoms with Crippen molar-refractivity contribution < 1.29 is 4.39 Å². The maximum absolute atomic E-state index is 13.3. The van der Waals surface area contributed by atoms with E-state index in [2.05, 4.69) is 47.1 Å². The van der Waals surface area contributed by atoms with Gasteiger partial charge < -0.3 is 0 Å². The van der Waals surface area contributed by atoms with Crippen LogP contribution in [-0.4, -0.2) is 0 Å². The molecule has 88 valence electrons. The summed E-state index contributed by atoms with van der Waals surface area (Å²) in [7, 11) is 0. The summed E-state index contributed by atoms with van der Waals surface area (Å²) in [6, 6.07) is 13.4. The van der Waals surface area contributed by atoms with E-state index in [-0.39, 0.29) is 10.6 Å². The van der Waals surface area contributed by atoms with E-state index in [1.807, 2.05) is 13.0 Å². The van der Waals surface area contributed by atoms with Crippen molar-refractivity contribution in [3.8, 4) is 0 Å². The number of aryl methyl sites for hydroxylation is 2. The Balaban J connectivity index is 2.36. The Morgan fingerprint density at radius 1 is 0.882 bits per heavy atom. The lowest BCUT2D eigenvalue weighted by atomic mass is 10.0. The molecule has 0 aliphatic rings. The molecule has 0 aromatic heterocycles. The molecule has 0 saturated carbocycles. The van der Waals surface area contributed by atoms with Crippen molar-refractivity contribution in [1.29, 1.82) is 0 Å². The summed E-state index contributed by atoms with van der Waals surface area (Å²) in [5.41, 5.74) is 4.26. The molecule has 0 radical (unpaired) electrons. The third-order valence-electron chi connectivity index (χ3n) is 2.73. The molecule has 0 amide bonds. The van der Waals surface area contributed by atoms with E-state index in [1.165, 1.54) is 5.56 Å². The van der Waals surface area contributed by atoms with Crippen molar-refractivity contribution in [1.82, 2.24) is 0 Å². The van der Waals surface area contributed by atoms with Gasteiger partial charge in [0.05, 0.1) is 4.83 Å². The first-order valence-corrected chi connectivity index (χ1v) is 6.45. The fourth-order valence-corrected chi connectivity index (χ4v) is 2.41. The summed E-state index contributed by atoms with van der Waals surface area (Å²) in [6.45, 7) is 3.96. The van der Waals surface area contributed by atoms with Crippen LogP contribution in [0.2, 0.25) is 0 Å². The normalized spacial score (nSPS) is 12.5. The molecule has 2 rings (SSSR count). The number of hydrogen-bond acceptors (Lipinski definition) is 0. The lowest BCUT2D eigenvalue weighted by Gasteiger charge is -2.12. The van der Waals surface area contributed by atoms with Crippen molar-refractivity contribution in [2.24, 2.45) is 0 Å². The molecule has 0 fully saturated rings. The van der Waals surface area contributed by atoms with Gasteiger partial charge in [0.1, 0.15) is 5.82 Å². The minimum Gasteiger partial charge on any atom is -0.207 e. The van der Waals surface area contributed by atoms with E-state index in [4.69, 9.17) is 0 Å². The van der Waals surface area contributed by atoms with Crippen LogP contribution in [-0.2, 0) is 0 Å². The molecule has 17 heavy (non-hydrogen) atoms. The zero-order valence-corrected chi connectivity index (χ0v) is 11.5. The first-order valence-electron chi connectivity index (χ1n) is 5.54. The van der Waals surface area contributed by atoms with E-state index in [9.17, 15) is 4.39 Å². The summed E-state index contributed by atoms with van der Waals surface area (Å²) < 4.78 is 13.3. The van der Waals surface area contributed by atoms with Gasteiger partial charge in [0.2, 0.25) is 0 Å². The molecule has 2 aromatic carbocycles. The molecule has 0 nitrogen and oxygen atoms in total. The molecule has 0 aliphatic carbocycles. The maximum Gasteiger partial charge on any atom is 0.123 e. The van der Waals surface area contributed by atoms with E-state index in [1.54, 1.807) is 12.1 Å². The Hall–Kier alpha value is -1.15. The van der Waals surface area contributed by atoms with Crippen molar-refractivity contribution >= 4 is 15.9 Å². The van der Waals surface area contributed by atoms with Crippen molar-refractivity contribution in [2.75, 3.05) is 0 Å². The molecule has 0 N–H and O–H groups in total. The van der Waals surface area contributed by atoms with Gasteiger partial charge in [-0.25, -0.2) is 4.39 Å². The van der Waals surface area contributed by atoms with Gasteiger partial charge in [-0.2, -0.15) is 0 Å². The van der Waals surface area contributed by atoms with E-state index in [0.717, 1.165) is 16.7 Å². The van der Waals surface area contributed by atoms with Crippen LogP contribution in [0.15, 0.2) is 42.5 Å². The standard InChI is InChI=1S/C15H14BrF/c1-10-3-5-12(6-4-10)15(16)13-7-11(2)8-14(17)9-13/h3-9,15H,1-2H3. The molecule has 1 unspecified atom stereocenters. The van der Waals surface area contributed by atoms with E-state index < -0.39 is 0 Å². The monoisotopic (exact) mass is 292 g/mol. The highest BCUT2D eigenvalue weighted by Crippen LogP contribution is 2.31. The minimum atomic E-state index is -0.184. The average molecular weight is 293 g/mol. The van der Waals surface area contributed by atoms with Crippen molar-refractivity contribution in [3.63, 3.8) is 0 Å². The zero-order valence-electron chi connectivity index (χ0n) is 9.87. The molecule has 2 aromatic rings. The van der Waals surface area contributed by atoms with Crippen LogP contribution in [0.3, 0.4) is 0 Å². The van der Waals surface area contributed by atoms with Crippen molar-refractivity contribution in [3.05, 3.63) is 70.5 Å². The van der Waals surface area contributed by atoms with Gasteiger partial charge in [-0.05, 0) is 42.7 Å². The fourth-order valence-electron chi connectivity index (χ4n) is 1.84. The number of hydrogen-bond donors (Lipinski definition) is 0. The SMILES string of the molecule is Cc1ccc(C(Br)c2cc(C)cc(F)c2)cc1. The minimum absolute atomic E-state index is 0.0394. The molecule has 0 aliphatic heterocycles. The molecule has 2 heteroatoms. The quantitative estimate of drug-likeness (QED) is 0.689.